The number of rotatable bonds is 4. The fourth-order valence-corrected chi connectivity index (χ4v) is 2.39. The van der Waals surface area contributed by atoms with Crippen LogP contribution >= 0.6 is 0 Å². The Balaban J connectivity index is 2.41. The Hall–Kier alpha value is -2.36. The molecule has 0 radical (unpaired) electrons. The molecule has 0 spiro atoms. The van der Waals surface area contributed by atoms with Crippen molar-refractivity contribution < 1.29 is 13.9 Å². The Kier molecular flexibility index (Phi) is 4.81. The third kappa shape index (κ3) is 3.11. The number of halogens is 1. The maximum atomic E-state index is 13.8. The monoisotopic (exact) mass is 301 g/mol. The lowest BCUT2D eigenvalue weighted by molar-refractivity contribution is 0.0987. The first-order valence-electron chi connectivity index (χ1n) is 7.20. The van der Waals surface area contributed by atoms with Gasteiger partial charge in [-0.1, -0.05) is 12.1 Å². The summed E-state index contributed by atoms with van der Waals surface area (Å²) >= 11 is 0. The fourth-order valence-electron chi connectivity index (χ4n) is 2.39. The van der Waals surface area contributed by atoms with E-state index >= 15 is 0 Å². The minimum Gasteiger partial charge on any atom is -0.494 e. The van der Waals surface area contributed by atoms with E-state index in [0.29, 0.717) is 12.1 Å². The van der Waals surface area contributed by atoms with Gasteiger partial charge in [-0.2, -0.15) is 0 Å². The summed E-state index contributed by atoms with van der Waals surface area (Å²) in [4.78, 5) is 14.4. The third-order valence-electron chi connectivity index (χ3n) is 3.62. The van der Waals surface area contributed by atoms with Crippen molar-refractivity contribution in [2.75, 3.05) is 18.6 Å². The maximum absolute atomic E-state index is 13.8. The van der Waals surface area contributed by atoms with Gasteiger partial charge in [0.15, 0.2) is 11.6 Å². The quantitative estimate of drug-likeness (QED) is 0.850. The number of nitrogens with zero attached hydrogens (tertiary/aromatic N) is 1. The van der Waals surface area contributed by atoms with Crippen molar-refractivity contribution in [3.05, 3.63) is 58.9 Å². The molecule has 116 valence electrons. The molecule has 2 aromatic carbocycles. The van der Waals surface area contributed by atoms with E-state index in [0.717, 1.165) is 16.8 Å². The van der Waals surface area contributed by atoms with Crippen LogP contribution in [0.2, 0.25) is 0 Å². The summed E-state index contributed by atoms with van der Waals surface area (Å²) in [7, 11) is 1.40. The van der Waals surface area contributed by atoms with Crippen molar-refractivity contribution in [3.8, 4) is 5.75 Å². The van der Waals surface area contributed by atoms with E-state index < -0.39 is 5.82 Å². The average molecular weight is 301 g/mol. The Morgan fingerprint density at radius 1 is 1.18 bits per heavy atom. The summed E-state index contributed by atoms with van der Waals surface area (Å²) in [5.74, 6) is -0.630. The molecule has 0 aliphatic heterocycles. The van der Waals surface area contributed by atoms with E-state index in [4.69, 9.17) is 4.74 Å². The molecule has 0 aliphatic carbocycles. The summed E-state index contributed by atoms with van der Waals surface area (Å²) in [5, 5.41) is 0. The number of anilines is 1. The summed E-state index contributed by atoms with van der Waals surface area (Å²) in [6.07, 6.45) is 0. The Labute approximate surface area is 130 Å². The van der Waals surface area contributed by atoms with Crippen LogP contribution in [0.25, 0.3) is 0 Å². The molecular weight excluding hydrogens is 281 g/mol. The van der Waals surface area contributed by atoms with Gasteiger partial charge < -0.3 is 9.64 Å². The molecule has 0 N–H and O–H groups in total. The molecule has 0 aliphatic rings. The Morgan fingerprint density at radius 2 is 1.91 bits per heavy atom. The summed E-state index contributed by atoms with van der Waals surface area (Å²) in [6.45, 7) is 6.35. The Bertz CT molecular complexity index is 697. The van der Waals surface area contributed by atoms with Gasteiger partial charge in [-0.15, -0.1) is 0 Å². The van der Waals surface area contributed by atoms with Gasteiger partial charge >= 0.3 is 0 Å². The molecule has 0 saturated heterocycles. The van der Waals surface area contributed by atoms with Crippen molar-refractivity contribution in [1.29, 1.82) is 0 Å². The highest BCUT2D eigenvalue weighted by Crippen LogP contribution is 2.25. The van der Waals surface area contributed by atoms with Gasteiger partial charge in [-0.05, 0) is 56.2 Å². The van der Waals surface area contributed by atoms with Crippen LogP contribution in [0.5, 0.6) is 5.75 Å². The maximum Gasteiger partial charge on any atom is 0.258 e. The molecule has 3 nitrogen and oxygen atoms in total. The number of carbonyl (C=O) groups is 1. The van der Waals surface area contributed by atoms with Crippen LogP contribution in [0, 0.1) is 19.7 Å². The average Bonchev–Trinajstić information content (AvgIpc) is 2.51. The molecule has 0 aromatic heterocycles. The molecular formula is C18H20FNO2. The van der Waals surface area contributed by atoms with Crippen LogP contribution in [-0.2, 0) is 0 Å². The van der Waals surface area contributed by atoms with Gasteiger partial charge in [-0.3, -0.25) is 4.79 Å². The van der Waals surface area contributed by atoms with E-state index in [2.05, 4.69) is 0 Å². The van der Waals surface area contributed by atoms with Gasteiger partial charge in [0, 0.05) is 17.8 Å². The van der Waals surface area contributed by atoms with Crippen molar-refractivity contribution >= 4 is 11.6 Å². The van der Waals surface area contributed by atoms with E-state index in [1.54, 1.807) is 11.0 Å². The Morgan fingerprint density at radius 3 is 2.50 bits per heavy atom. The summed E-state index contributed by atoms with van der Waals surface area (Å²) < 4.78 is 18.7. The van der Waals surface area contributed by atoms with Crippen LogP contribution in [0.1, 0.15) is 28.4 Å². The van der Waals surface area contributed by atoms with Gasteiger partial charge in [0.2, 0.25) is 0 Å². The molecule has 4 heteroatoms. The van der Waals surface area contributed by atoms with E-state index in [1.807, 2.05) is 39.0 Å². The number of ether oxygens (including phenoxy) is 1. The second-order valence-electron chi connectivity index (χ2n) is 5.19. The van der Waals surface area contributed by atoms with Crippen molar-refractivity contribution in [2.24, 2.45) is 0 Å². The van der Waals surface area contributed by atoms with Gasteiger partial charge in [0.25, 0.3) is 5.91 Å². The number of methoxy groups -OCH3 is 1. The second kappa shape index (κ2) is 6.60. The van der Waals surface area contributed by atoms with Crippen molar-refractivity contribution in [1.82, 2.24) is 0 Å². The van der Waals surface area contributed by atoms with Crippen molar-refractivity contribution in [3.63, 3.8) is 0 Å². The van der Waals surface area contributed by atoms with Crippen molar-refractivity contribution in [2.45, 2.75) is 20.8 Å². The van der Waals surface area contributed by atoms with Crippen LogP contribution in [-0.4, -0.2) is 19.6 Å². The zero-order chi connectivity index (χ0) is 16.3. The highest BCUT2D eigenvalue weighted by atomic mass is 19.1. The number of benzene rings is 2. The molecule has 0 bridgehead atoms. The van der Waals surface area contributed by atoms with E-state index in [9.17, 15) is 9.18 Å². The van der Waals surface area contributed by atoms with E-state index in [-0.39, 0.29) is 11.7 Å². The first-order chi connectivity index (χ1) is 10.5. The molecule has 0 heterocycles. The SMILES string of the molecule is CCN(C(=O)c1ccc(OC)c(F)c1)c1cc(C)ccc1C. The zero-order valence-corrected chi connectivity index (χ0v) is 13.3. The number of carbonyl (C=O) groups excluding carboxylic acids is 1. The van der Waals surface area contributed by atoms with Crippen LogP contribution in [0.3, 0.4) is 0 Å². The molecule has 2 aromatic rings. The lowest BCUT2D eigenvalue weighted by Crippen LogP contribution is -2.31. The van der Waals surface area contributed by atoms with Gasteiger partial charge in [0.1, 0.15) is 0 Å². The number of aryl methyl sites for hydroxylation is 2. The molecule has 1 amide bonds. The fraction of sp³-hybridized carbons (Fsp3) is 0.278. The van der Waals surface area contributed by atoms with Gasteiger partial charge in [0.05, 0.1) is 7.11 Å². The molecule has 0 fully saturated rings. The third-order valence-corrected chi connectivity index (χ3v) is 3.62. The second-order valence-corrected chi connectivity index (χ2v) is 5.19. The summed E-state index contributed by atoms with van der Waals surface area (Å²) in [6, 6.07) is 10.2. The molecule has 0 atom stereocenters. The predicted octanol–water partition coefficient (Wildman–Crippen LogP) is 4.12. The topological polar surface area (TPSA) is 29.5 Å². The van der Waals surface area contributed by atoms with Gasteiger partial charge in [-0.25, -0.2) is 4.39 Å². The lowest BCUT2D eigenvalue weighted by Gasteiger charge is -2.23. The molecule has 0 saturated carbocycles. The first kappa shape index (κ1) is 16.0. The first-order valence-corrected chi connectivity index (χ1v) is 7.20. The minimum atomic E-state index is -0.537. The smallest absolute Gasteiger partial charge is 0.258 e. The molecule has 0 unspecified atom stereocenters. The highest BCUT2D eigenvalue weighted by Gasteiger charge is 2.19. The predicted molar refractivity (Wildman–Crippen MR) is 86.2 cm³/mol. The highest BCUT2D eigenvalue weighted by molar-refractivity contribution is 6.06. The standard InChI is InChI=1S/C18H20FNO2/c1-5-20(16-10-12(2)6-7-13(16)3)18(21)14-8-9-17(22-4)15(19)11-14/h6-11H,5H2,1-4H3. The number of hydrogen-bond acceptors (Lipinski definition) is 2. The lowest BCUT2D eigenvalue weighted by atomic mass is 10.1. The minimum absolute atomic E-state index is 0.131. The number of hydrogen-bond donors (Lipinski definition) is 0. The summed E-state index contributed by atoms with van der Waals surface area (Å²) in [5.41, 5.74) is 3.24. The van der Waals surface area contributed by atoms with Crippen LogP contribution in [0.4, 0.5) is 10.1 Å². The normalized spacial score (nSPS) is 10.4. The van der Waals surface area contributed by atoms with Crippen LogP contribution in [0.15, 0.2) is 36.4 Å². The molecule has 2 rings (SSSR count). The number of amides is 1. The zero-order valence-electron chi connectivity index (χ0n) is 13.3. The largest absolute Gasteiger partial charge is 0.494 e. The molecule has 22 heavy (non-hydrogen) atoms. The van der Waals surface area contributed by atoms with E-state index in [1.165, 1.54) is 19.2 Å². The van der Waals surface area contributed by atoms with Crippen LogP contribution < -0.4 is 9.64 Å².